The molecule has 0 saturated carbocycles. The zero-order valence-electron chi connectivity index (χ0n) is 14.4. The van der Waals surface area contributed by atoms with E-state index >= 15 is 0 Å². The van der Waals surface area contributed by atoms with Gasteiger partial charge in [0.15, 0.2) is 0 Å². The lowest BCUT2D eigenvalue weighted by Gasteiger charge is -2.13. The van der Waals surface area contributed by atoms with Gasteiger partial charge in [-0.15, -0.1) is 11.8 Å². The fraction of sp³-hybridized carbons (Fsp3) is 0.444. The van der Waals surface area contributed by atoms with Crippen LogP contribution in [0.15, 0.2) is 35.2 Å². The zero-order chi connectivity index (χ0) is 17.5. The molecule has 0 unspecified atom stereocenters. The van der Waals surface area contributed by atoms with Crippen molar-refractivity contribution in [1.82, 2.24) is 9.97 Å². The van der Waals surface area contributed by atoms with Crippen LogP contribution in [0.25, 0.3) is 0 Å². The molecule has 0 radical (unpaired) electrons. The average molecular weight is 360 g/mol. The number of aliphatic hydroxyl groups excluding tert-OH is 1. The highest BCUT2D eigenvalue weighted by Crippen LogP contribution is 2.26. The second kappa shape index (κ2) is 9.03. The van der Waals surface area contributed by atoms with Crippen molar-refractivity contribution in [3.63, 3.8) is 0 Å². The summed E-state index contributed by atoms with van der Waals surface area (Å²) in [7, 11) is 0. The number of thioether (sulfide) groups is 1. The summed E-state index contributed by atoms with van der Waals surface area (Å²) in [6.07, 6.45) is 3.05. The van der Waals surface area contributed by atoms with Gasteiger partial charge in [0.25, 0.3) is 0 Å². The molecule has 25 heavy (non-hydrogen) atoms. The van der Waals surface area contributed by atoms with Gasteiger partial charge in [0.05, 0.1) is 18.9 Å². The maximum atomic E-state index is 9.02. The number of ether oxygens (including phenoxy) is 1. The van der Waals surface area contributed by atoms with Crippen molar-refractivity contribution in [2.24, 2.45) is 0 Å². The minimum absolute atomic E-state index is 0.0460. The van der Waals surface area contributed by atoms with Gasteiger partial charge in [0.1, 0.15) is 5.82 Å². The van der Waals surface area contributed by atoms with Crippen LogP contribution >= 0.6 is 11.8 Å². The first-order valence-electron chi connectivity index (χ1n) is 8.46. The molecule has 6 nitrogen and oxygen atoms in total. The van der Waals surface area contributed by atoms with E-state index in [1.807, 2.05) is 6.07 Å². The highest BCUT2D eigenvalue weighted by molar-refractivity contribution is 7.98. The summed E-state index contributed by atoms with van der Waals surface area (Å²) < 4.78 is 5.48. The molecule has 0 amide bonds. The van der Waals surface area contributed by atoms with Crippen molar-refractivity contribution in [2.75, 3.05) is 43.3 Å². The van der Waals surface area contributed by atoms with Crippen molar-refractivity contribution in [3.05, 3.63) is 41.6 Å². The minimum atomic E-state index is 0.0460. The summed E-state index contributed by atoms with van der Waals surface area (Å²) in [4.78, 5) is 10.3. The minimum Gasteiger partial charge on any atom is -0.395 e. The molecule has 1 aliphatic rings. The van der Waals surface area contributed by atoms with Crippen LogP contribution in [0.1, 0.15) is 23.6 Å². The van der Waals surface area contributed by atoms with E-state index in [0.29, 0.717) is 31.6 Å². The van der Waals surface area contributed by atoms with Crippen LogP contribution in [-0.4, -0.2) is 47.7 Å². The Morgan fingerprint density at radius 3 is 2.96 bits per heavy atom. The summed E-state index contributed by atoms with van der Waals surface area (Å²) in [5.74, 6) is 1.63. The molecule has 1 aromatic carbocycles. The van der Waals surface area contributed by atoms with Crippen LogP contribution in [0.3, 0.4) is 0 Å². The largest absolute Gasteiger partial charge is 0.395 e. The maximum Gasteiger partial charge on any atom is 0.224 e. The number of aromatic nitrogens is 2. The van der Waals surface area contributed by atoms with E-state index in [-0.39, 0.29) is 6.61 Å². The first-order valence-corrected chi connectivity index (χ1v) is 9.69. The van der Waals surface area contributed by atoms with E-state index in [4.69, 9.17) is 9.84 Å². The van der Waals surface area contributed by atoms with E-state index in [9.17, 15) is 0 Å². The predicted molar refractivity (Wildman–Crippen MR) is 101 cm³/mol. The Morgan fingerprint density at radius 1 is 1.28 bits per heavy atom. The van der Waals surface area contributed by atoms with Crippen LogP contribution in [-0.2, 0) is 11.3 Å². The molecule has 0 aliphatic carbocycles. The molecule has 1 atom stereocenters. The third-order valence-electron chi connectivity index (χ3n) is 4.10. The van der Waals surface area contributed by atoms with Gasteiger partial charge in [-0.05, 0) is 30.4 Å². The highest BCUT2D eigenvalue weighted by Gasteiger charge is 2.20. The van der Waals surface area contributed by atoms with Crippen molar-refractivity contribution in [2.45, 2.75) is 23.8 Å². The number of benzene rings is 1. The molecule has 7 heteroatoms. The Bertz CT molecular complexity index is 693. The fourth-order valence-electron chi connectivity index (χ4n) is 2.76. The molecule has 1 aromatic heterocycles. The van der Waals surface area contributed by atoms with Crippen molar-refractivity contribution in [3.8, 4) is 0 Å². The summed E-state index contributed by atoms with van der Waals surface area (Å²) in [6.45, 7) is 2.65. The van der Waals surface area contributed by atoms with Crippen LogP contribution in [0.5, 0.6) is 0 Å². The normalized spacial score (nSPS) is 16.8. The number of anilines is 2. The topological polar surface area (TPSA) is 79.3 Å². The average Bonchev–Trinajstić information content (AvgIpc) is 3.19. The molecule has 0 bridgehead atoms. The van der Waals surface area contributed by atoms with Gasteiger partial charge in [-0.2, -0.15) is 4.98 Å². The number of aliphatic hydroxyl groups is 1. The van der Waals surface area contributed by atoms with Gasteiger partial charge in [-0.1, -0.05) is 12.1 Å². The third-order valence-corrected chi connectivity index (χ3v) is 4.82. The Hall–Kier alpha value is -1.83. The number of nitrogens with one attached hydrogen (secondary N) is 2. The smallest absolute Gasteiger partial charge is 0.224 e. The molecular formula is C18H24N4O2S. The van der Waals surface area contributed by atoms with E-state index < -0.39 is 0 Å². The monoisotopic (exact) mass is 360 g/mol. The van der Waals surface area contributed by atoms with Gasteiger partial charge >= 0.3 is 0 Å². The predicted octanol–water partition coefficient (Wildman–Crippen LogP) is 2.72. The van der Waals surface area contributed by atoms with Crippen molar-refractivity contribution in [1.29, 1.82) is 0 Å². The molecule has 3 N–H and O–H groups in total. The fourth-order valence-corrected chi connectivity index (χ4v) is 3.24. The van der Waals surface area contributed by atoms with E-state index in [1.54, 1.807) is 11.8 Å². The summed E-state index contributed by atoms with van der Waals surface area (Å²) in [5.41, 5.74) is 2.19. The molecule has 134 valence electrons. The molecular weight excluding hydrogens is 336 g/mol. The maximum absolute atomic E-state index is 9.02. The first kappa shape index (κ1) is 18.0. The van der Waals surface area contributed by atoms with Gasteiger partial charge < -0.3 is 20.5 Å². The lowest BCUT2D eigenvalue weighted by Crippen LogP contribution is -2.13. The SMILES string of the molecule is CSc1cccc(CNc2cc([C@@H]3CCOC3)nc(NCCO)n2)c1. The molecule has 3 rings (SSSR count). The second-order valence-electron chi connectivity index (χ2n) is 5.92. The van der Waals surface area contributed by atoms with E-state index in [0.717, 1.165) is 24.5 Å². The summed E-state index contributed by atoms with van der Waals surface area (Å²) in [6, 6.07) is 10.5. The summed E-state index contributed by atoms with van der Waals surface area (Å²) in [5, 5.41) is 15.5. The molecule has 2 heterocycles. The lowest BCUT2D eigenvalue weighted by atomic mass is 10.0. The zero-order valence-corrected chi connectivity index (χ0v) is 15.2. The quantitative estimate of drug-likeness (QED) is 0.625. The number of hydrogen-bond acceptors (Lipinski definition) is 7. The van der Waals surface area contributed by atoms with Crippen LogP contribution in [0.2, 0.25) is 0 Å². The number of nitrogens with zero attached hydrogens (tertiary/aromatic N) is 2. The lowest BCUT2D eigenvalue weighted by molar-refractivity contribution is 0.193. The van der Waals surface area contributed by atoms with Gasteiger partial charge in [0.2, 0.25) is 5.95 Å². The third kappa shape index (κ3) is 5.07. The summed E-state index contributed by atoms with van der Waals surface area (Å²) >= 11 is 1.73. The standard InChI is InChI=1S/C18H24N4O2S/c1-25-15-4-2-3-13(9-15)11-20-17-10-16(14-5-8-24-12-14)21-18(22-17)19-6-7-23/h2-4,9-10,14,23H,5-8,11-12H2,1H3,(H2,19,20,21,22)/t14-/m1/s1. The molecule has 1 fully saturated rings. The van der Waals surface area contributed by atoms with E-state index in [1.165, 1.54) is 10.5 Å². The Morgan fingerprint density at radius 2 is 2.20 bits per heavy atom. The second-order valence-corrected chi connectivity index (χ2v) is 6.80. The number of rotatable bonds is 8. The Labute approximate surface area is 152 Å². The van der Waals surface area contributed by atoms with Crippen molar-refractivity contribution < 1.29 is 9.84 Å². The van der Waals surface area contributed by atoms with Gasteiger partial charge in [-0.3, -0.25) is 0 Å². The van der Waals surface area contributed by atoms with Crippen molar-refractivity contribution >= 4 is 23.5 Å². The first-order chi connectivity index (χ1) is 12.3. The molecule has 1 aliphatic heterocycles. The highest BCUT2D eigenvalue weighted by atomic mass is 32.2. The van der Waals surface area contributed by atoms with Crippen LogP contribution in [0.4, 0.5) is 11.8 Å². The molecule has 2 aromatic rings. The molecule has 0 spiro atoms. The van der Waals surface area contributed by atoms with Crippen LogP contribution in [0, 0.1) is 0 Å². The number of hydrogen-bond donors (Lipinski definition) is 3. The van der Waals surface area contributed by atoms with Gasteiger partial charge in [0, 0.05) is 36.6 Å². The Kier molecular flexibility index (Phi) is 6.49. The molecule has 1 saturated heterocycles. The van der Waals surface area contributed by atoms with Crippen LogP contribution < -0.4 is 10.6 Å². The Balaban J connectivity index is 1.74. The van der Waals surface area contributed by atoms with Gasteiger partial charge in [-0.25, -0.2) is 4.98 Å². The van der Waals surface area contributed by atoms with E-state index in [2.05, 4.69) is 51.1 Å².